The zero-order valence-electron chi connectivity index (χ0n) is 11.5. The lowest BCUT2D eigenvalue weighted by atomic mass is 10.1. The normalized spacial score (nSPS) is 11.1. The fraction of sp³-hybridized carbons (Fsp3) is 0.0625. The first-order valence-electron chi connectivity index (χ1n) is 6.77. The minimum Gasteiger partial charge on any atom is -0.471 e. The summed E-state index contributed by atoms with van der Waals surface area (Å²) in [4.78, 5) is 15.2. The lowest BCUT2D eigenvalue weighted by Gasteiger charge is -2.09. The molecule has 0 radical (unpaired) electrons. The molecule has 2 aromatic heterocycles. The molecule has 2 heterocycles. The number of nitrogens with one attached hydrogen (secondary N) is 1. The van der Waals surface area contributed by atoms with Gasteiger partial charge in [0.15, 0.2) is 5.65 Å². The summed E-state index contributed by atoms with van der Waals surface area (Å²) >= 11 is 5.90. The molecule has 0 bridgehead atoms. The maximum absolute atomic E-state index is 5.90. The number of nitrogens with zero attached hydrogens (tertiary/aromatic N) is 3. The molecule has 0 aliphatic heterocycles. The van der Waals surface area contributed by atoms with E-state index in [4.69, 9.17) is 16.3 Å². The Hall–Kier alpha value is -2.66. The molecule has 2 aromatic carbocycles. The molecule has 4 aromatic rings. The third-order valence-corrected chi connectivity index (χ3v) is 3.64. The Morgan fingerprint density at radius 2 is 1.91 bits per heavy atom. The van der Waals surface area contributed by atoms with Crippen molar-refractivity contribution in [1.82, 2.24) is 19.9 Å². The number of H-pyrrole nitrogens is 1. The van der Waals surface area contributed by atoms with E-state index >= 15 is 0 Å². The van der Waals surface area contributed by atoms with E-state index in [9.17, 15) is 0 Å². The highest BCUT2D eigenvalue weighted by atomic mass is 35.5. The molecule has 4 rings (SSSR count). The first kappa shape index (κ1) is 13.0. The van der Waals surface area contributed by atoms with Crippen LogP contribution in [0.25, 0.3) is 21.9 Å². The number of halogens is 1. The highest BCUT2D eigenvalue weighted by Gasteiger charge is 2.11. The summed E-state index contributed by atoms with van der Waals surface area (Å²) < 4.78 is 5.85. The SMILES string of the molecule is Clc1nc(OCc2cccc3ccccc23)c2[nH]cnc2n1. The van der Waals surface area contributed by atoms with Crippen molar-refractivity contribution in [3.8, 4) is 5.88 Å². The van der Waals surface area contributed by atoms with E-state index in [2.05, 4.69) is 38.1 Å². The number of rotatable bonds is 3. The largest absolute Gasteiger partial charge is 0.471 e. The van der Waals surface area contributed by atoms with E-state index in [1.807, 2.05) is 24.3 Å². The van der Waals surface area contributed by atoms with Crippen molar-refractivity contribution in [2.45, 2.75) is 6.61 Å². The van der Waals surface area contributed by atoms with Crippen molar-refractivity contribution in [3.63, 3.8) is 0 Å². The van der Waals surface area contributed by atoms with Crippen LogP contribution in [0.2, 0.25) is 5.28 Å². The molecule has 22 heavy (non-hydrogen) atoms. The average Bonchev–Trinajstić information content (AvgIpc) is 3.00. The fourth-order valence-electron chi connectivity index (χ4n) is 2.45. The van der Waals surface area contributed by atoms with Gasteiger partial charge >= 0.3 is 0 Å². The first-order valence-corrected chi connectivity index (χ1v) is 7.15. The Bertz CT molecular complexity index is 961. The Balaban J connectivity index is 1.70. The van der Waals surface area contributed by atoms with E-state index in [1.165, 1.54) is 5.39 Å². The molecule has 0 fully saturated rings. The van der Waals surface area contributed by atoms with Gasteiger partial charge in [-0.15, -0.1) is 0 Å². The highest BCUT2D eigenvalue weighted by molar-refractivity contribution is 6.28. The van der Waals surface area contributed by atoms with Crippen LogP contribution in [0.5, 0.6) is 5.88 Å². The van der Waals surface area contributed by atoms with Gasteiger partial charge in [-0.25, -0.2) is 4.98 Å². The van der Waals surface area contributed by atoms with Gasteiger partial charge in [-0.2, -0.15) is 9.97 Å². The van der Waals surface area contributed by atoms with Crippen molar-refractivity contribution in [3.05, 3.63) is 59.6 Å². The van der Waals surface area contributed by atoms with Crippen LogP contribution in [0.1, 0.15) is 5.56 Å². The van der Waals surface area contributed by atoms with Crippen molar-refractivity contribution in [2.24, 2.45) is 0 Å². The summed E-state index contributed by atoms with van der Waals surface area (Å²) in [6.45, 7) is 0.392. The maximum atomic E-state index is 5.90. The topological polar surface area (TPSA) is 63.7 Å². The molecule has 0 amide bonds. The van der Waals surface area contributed by atoms with E-state index in [0.29, 0.717) is 23.7 Å². The molecule has 108 valence electrons. The Morgan fingerprint density at radius 3 is 2.86 bits per heavy atom. The van der Waals surface area contributed by atoms with Gasteiger partial charge in [0.05, 0.1) is 6.33 Å². The number of imidazole rings is 1. The second kappa shape index (κ2) is 5.27. The molecule has 0 saturated heterocycles. The van der Waals surface area contributed by atoms with Crippen LogP contribution in [0.3, 0.4) is 0 Å². The van der Waals surface area contributed by atoms with Crippen LogP contribution >= 0.6 is 11.6 Å². The third kappa shape index (κ3) is 2.25. The minimum atomic E-state index is 0.118. The lowest BCUT2D eigenvalue weighted by molar-refractivity contribution is 0.298. The molecule has 0 atom stereocenters. The zero-order chi connectivity index (χ0) is 14.9. The molecule has 0 saturated carbocycles. The summed E-state index contributed by atoms with van der Waals surface area (Å²) in [6.07, 6.45) is 1.54. The zero-order valence-corrected chi connectivity index (χ0v) is 12.2. The lowest BCUT2D eigenvalue weighted by Crippen LogP contribution is -2.00. The number of hydrogen-bond acceptors (Lipinski definition) is 4. The van der Waals surface area contributed by atoms with Gasteiger partial charge in [-0.3, -0.25) is 0 Å². The first-order chi connectivity index (χ1) is 10.8. The van der Waals surface area contributed by atoms with Crippen LogP contribution in [-0.4, -0.2) is 19.9 Å². The molecular formula is C16H11ClN4O. The van der Waals surface area contributed by atoms with Crippen molar-refractivity contribution in [2.75, 3.05) is 0 Å². The van der Waals surface area contributed by atoms with E-state index < -0.39 is 0 Å². The van der Waals surface area contributed by atoms with Crippen molar-refractivity contribution < 1.29 is 4.74 Å². The number of benzene rings is 2. The van der Waals surface area contributed by atoms with Crippen LogP contribution < -0.4 is 4.74 Å². The Labute approximate surface area is 131 Å². The number of aromatic nitrogens is 4. The van der Waals surface area contributed by atoms with Gasteiger partial charge in [0.25, 0.3) is 0 Å². The third-order valence-electron chi connectivity index (χ3n) is 3.47. The smallest absolute Gasteiger partial charge is 0.244 e. The van der Waals surface area contributed by atoms with Gasteiger partial charge < -0.3 is 9.72 Å². The quantitative estimate of drug-likeness (QED) is 0.585. The van der Waals surface area contributed by atoms with Crippen molar-refractivity contribution in [1.29, 1.82) is 0 Å². The molecule has 0 aliphatic rings. The van der Waals surface area contributed by atoms with Gasteiger partial charge in [0, 0.05) is 0 Å². The number of ether oxygens (including phenoxy) is 1. The molecular weight excluding hydrogens is 300 g/mol. The number of fused-ring (bicyclic) bond motifs is 2. The summed E-state index contributed by atoms with van der Waals surface area (Å²) in [7, 11) is 0. The second-order valence-electron chi connectivity index (χ2n) is 4.83. The Kier molecular flexibility index (Phi) is 3.12. The van der Waals surface area contributed by atoms with E-state index in [0.717, 1.165) is 10.9 Å². The maximum Gasteiger partial charge on any atom is 0.244 e. The monoisotopic (exact) mass is 310 g/mol. The predicted octanol–water partition coefficient (Wildman–Crippen LogP) is 3.74. The average molecular weight is 311 g/mol. The molecule has 0 unspecified atom stereocenters. The summed E-state index contributed by atoms with van der Waals surface area (Å²) in [5, 5.41) is 2.45. The van der Waals surface area contributed by atoms with Crippen LogP contribution in [0, 0.1) is 0 Å². The molecule has 6 heteroatoms. The minimum absolute atomic E-state index is 0.118. The van der Waals surface area contributed by atoms with Crippen LogP contribution in [0.15, 0.2) is 48.8 Å². The molecule has 0 spiro atoms. The predicted molar refractivity (Wildman–Crippen MR) is 85.0 cm³/mol. The summed E-state index contributed by atoms with van der Waals surface area (Å²) in [5.74, 6) is 0.403. The van der Waals surface area contributed by atoms with E-state index in [-0.39, 0.29) is 5.28 Å². The fourth-order valence-corrected chi connectivity index (χ4v) is 2.61. The summed E-state index contributed by atoms with van der Waals surface area (Å²) in [5.41, 5.74) is 2.22. The number of aromatic amines is 1. The molecule has 5 nitrogen and oxygen atoms in total. The molecule has 0 aliphatic carbocycles. The van der Waals surface area contributed by atoms with E-state index in [1.54, 1.807) is 6.33 Å². The van der Waals surface area contributed by atoms with Crippen LogP contribution in [-0.2, 0) is 6.61 Å². The van der Waals surface area contributed by atoms with Gasteiger partial charge in [-0.05, 0) is 27.9 Å². The highest BCUT2D eigenvalue weighted by Crippen LogP contribution is 2.24. The van der Waals surface area contributed by atoms with Gasteiger partial charge in [-0.1, -0.05) is 42.5 Å². The van der Waals surface area contributed by atoms with Gasteiger partial charge in [0.2, 0.25) is 11.2 Å². The molecule has 1 N–H and O–H groups in total. The van der Waals surface area contributed by atoms with Crippen molar-refractivity contribution >= 4 is 33.5 Å². The van der Waals surface area contributed by atoms with Crippen LogP contribution in [0.4, 0.5) is 0 Å². The number of hydrogen-bond donors (Lipinski definition) is 1. The standard InChI is InChI=1S/C16H11ClN4O/c17-16-20-14-13(18-9-19-14)15(21-16)22-8-11-6-3-5-10-4-1-2-7-12(10)11/h1-7,9H,8H2,(H,18,19,20,21). The Morgan fingerprint density at radius 1 is 1.05 bits per heavy atom. The summed E-state index contributed by atoms with van der Waals surface area (Å²) in [6, 6.07) is 14.3. The van der Waals surface area contributed by atoms with Gasteiger partial charge in [0.1, 0.15) is 12.1 Å². The second-order valence-corrected chi connectivity index (χ2v) is 5.16.